The molecule has 0 spiro atoms. The lowest BCUT2D eigenvalue weighted by Crippen LogP contribution is -2.11. The Morgan fingerprint density at radius 1 is 0.821 bits per heavy atom. The summed E-state index contributed by atoms with van der Waals surface area (Å²) in [5.74, 6) is 0.884. The van der Waals surface area contributed by atoms with Gasteiger partial charge in [0.2, 0.25) is 5.71 Å². The molecule has 0 fully saturated rings. The molecular weight excluding hydrogens is 342 g/mol. The molecule has 0 bridgehead atoms. The van der Waals surface area contributed by atoms with Crippen LogP contribution < -0.4 is 0 Å². The van der Waals surface area contributed by atoms with Crippen molar-refractivity contribution in [1.29, 1.82) is 0 Å². The van der Waals surface area contributed by atoms with E-state index in [-0.39, 0.29) is 5.41 Å². The number of fused-ring (bicyclic) bond motifs is 1. The summed E-state index contributed by atoms with van der Waals surface area (Å²) in [7, 11) is 0. The van der Waals surface area contributed by atoms with Gasteiger partial charge >= 0.3 is 0 Å². The highest BCUT2D eigenvalue weighted by Crippen LogP contribution is 2.34. The number of rotatable bonds is 2. The van der Waals surface area contributed by atoms with Crippen LogP contribution in [-0.2, 0) is 5.41 Å². The van der Waals surface area contributed by atoms with E-state index in [0.717, 1.165) is 28.0 Å². The van der Waals surface area contributed by atoms with Crippen molar-refractivity contribution in [2.24, 2.45) is 0 Å². The SMILES string of the molecule is Cc1cc(-c2ccc3cc(-c4c(C)cccc4C)oc3n2)cc(C(C)(C)C)c1. The molecule has 142 valence electrons. The Morgan fingerprint density at radius 3 is 2.21 bits per heavy atom. The largest absolute Gasteiger partial charge is 0.438 e. The maximum Gasteiger partial charge on any atom is 0.227 e. The third-order valence-electron chi connectivity index (χ3n) is 5.35. The maximum atomic E-state index is 6.19. The Labute approximate surface area is 167 Å². The van der Waals surface area contributed by atoms with Gasteiger partial charge in [0, 0.05) is 16.5 Å². The second-order valence-electron chi connectivity index (χ2n) is 8.81. The van der Waals surface area contributed by atoms with E-state index < -0.39 is 0 Å². The fraction of sp³-hybridized carbons (Fsp3) is 0.269. The van der Waals surface area contributed by atoms with E-state index in [9.17, 15) is 0 Å². The second kappa shape index (κ2) is 6.63. The zero-order chi connectivity index (χ0) is 20.1. The summed E-state index contributed by atoms with van der Waals surface area (Å²) in [5, 5.41) is 1.03. The number of hydrogen-bond donors (Lipinski definition) is 0. The van der Waals surface area contributed by atoms with Crippen LogP contribution in [0.5, 0.6) is 0 Å². The Bertz CT molecular complexity index is 1150. The van der Waals surface area contributed by atoms with Crippen molar-refractivity contribution in [1.82, 2.24) is 4.98 Å². The molecule has 0 saturated carbocycles. The van der Waals surface area contributed by atoms with E-state index >= 15 is 0 Å². The lowest BCUT2D eigenvalue weighted by atomic mass is 9.85. The van der Waals surface area contributed by atoms with Crippen LogP contribution in [0.15, 0.2) is 59.0 Å². The highest BCUT2D eigenvalue weighted by molar-refractivity contribution is 5.83. The molecule has 0 atom stereocenters. The van der Waals surface area contributed by atoms with Crippen molar-refractivity contribution in [2.45, 2.75) is 47.0 Å². The number of nitrogens with zero attached hydrogens (tertiary/aromatic N) is 1. The number of hydrogen-bond acceptors (Lipinski definition) is 2. The molecule has 2 heterocycles. The molecule has 0 aliphatic carbocycles. The number of furan rings is 1. The summed E-state index contributed by atoms with van der Waals surface area (Å²) in [6.45, 7) is 13.1. The average Bonchev–Trinajstić information content (AvgIpc) is 3.03. The van der Waals surface area contributed by atoms with Gasteiger partial charge in [-0.1, -0.05) is 50.6 Å². The lowest BCUT2D eigenvalue weighted by molar-refractivity contribution is 0.590. The number of aromatic nitrogens is 1. The monoisotopic (exact) mass is 369 g/mol. The molecule has 0 N–H and O–H groups in total. The van der Waals surface area contributed by atoms with Crippen LogP contribution in [-0.4, -0.2) is 4.98 Å². The van der Waals surface area contributed by atoms with Crippen molar-refractivity contribution in [3.05, 3.63) is 76.9 Å². The fourth-order valence-electron chi connectivity index (χ4n) is 3.77. The second-order valence-corrected chi connectivity index (χ2v) is 8.81. The average molecular weight is 370 g/mol. The quantitative estimate of drug-likeness (QED) is 0.368. The molecule has 0 amide bonds. The van der Waals surface area contributed by atoms with Crippen molar-refractivity contribution in [2.75, 3.05) is 0 Å². The summed E-state index contributed by atoms with van der Waals surface area (Å²) in [4.78, 5) is 4.85. The van der Waals surface area contributed by atoms with Gasteiger partial charge in [-0.25, -0.2) is 4.98 Å². The predicted molar refractivity (Wildman–Crippen MR) is 118 cm³/mol. The maximum absolute atomic E-state index is 6.19. The Hall–Kier alpha value is -2.87. The Morgan fingerprint density at radius 2 is 1.54 bits per heavy atom. The minimum atomic E-state index is 0.102. The van der Waals surface area contributed by atoms with Gasteiger partial charge in [0.15, 0.2) is 0 Å². The molecular formula is C26H27NO. The fourth-order valence-corrected chi connectivity index (χ4v) is 3.77. The Balaban J connectivity index is 1.83. The molecule has 2 aromatic heterocycles. The van der Waals surface area contributed by atoms with E-state index in [1.807, 2.05) is 0 Å². The van der Waals surface area contributed by atoms with Gasteiger partial charge in [-0.15, -0.1) is 0 Å². The zero-order valence-corrected chi connectivity index (χ0v) is 17.6. The summed E-state index contributed by atoms with van der Waals surface area (Å²) in [6, 6.07) is 19.3. The van der Waals surface area contributed by atoms with Crippen LogP contribution in [0.4, 0.5) is 0 Å². The molecule has 0 unspecified atom stereocenters. The van der Waals surface area contributed by atoms with Gasteiger partial charge < -0.3 is 4.42 Å². The first-order valence-corrected chi connectivity index (χ1v) is 9.82. The van der Waals surface area contributed by atoms with E-state index in [2.05, 4.69) is 96.1 Å². The van der Waals surface area contributed by atoms with Crippen molar-refractivity contribution < 1.29 is 4.42 Å². The molecule has 0 aliphatic rings. The molecule has 2 aromatic carbocycles. The first kappa shape index (κ1) is 18.5. The third kappa shape index (κ3) is 3.35. The summed E-state index contributed by atoms with van der Waals surface area (Å²) in [5.41, 5.74) is 9.04. The first-order chi connectivity index (χ1) is 13.2. The third-order valence-corrected chi connectivity index (χ3v) is 5.35. The van der Waals surface area contributed by atoms with E-state index in [0.29, 0.717) is 5.71 Å². The van der Waals surface area contributed by atoms with Crippen LogP contribution in [0.25, 0.3) is 33.7 Å². The van der Waals surface area contributed by atoms with E-state index in [1.54, 1.807) is 0 Å². The molecule has 4 rings (SSSR count). The Kier molecular flexibility index (Phi) is 4.38. The van der Waals surface area contributed by atoms with Gasteiger partial charge in [-0.3, -0.25) is 0 Å². The molecule has 0 aliphatic heterocycles. The lowest BCUT2D eigenvalue weighted by Gasteiger charge is -2.20. The highest BCUT2D eigenvalue weighted by atomic mass is 16.3. The van der Waals surface area contributed by atoms with Gasteiger partial charge in [0.25, 0.3) is 0 Å². The van der Waals surface area contributed by atoms with Gasteiger partial charge in [-0.2, -0.15) is 0 Å². The van der Waals surface area contributed by atoms with Crippen molar-refractivity contribution in [3.8, 4) is 22.6 Å². The van der Waals surface area contributed by atoms with Crippen LogP contribution in [0.3, 0.4) is 0 Å². The van der Waals surface area contributed by atoms with E-state index in [4.69, 9.17) is 9.40 Å². The van der Waals surface area contributed by atoms with Gasteiger partial charge in [0.05, 0.1) is 5.69 Å². The minimum absolute atomic E-state index is 0.102. The number of pyridine rings is 1. The van der Waals surface area contributed by atoms with Crippen LogP contribution >= 0.6 is 0 Å². The topological polar surface area (TPSA) is 26.0 Å². The summed E-state index contributed by atoms with van der Waals surface area (Å²) >= 11 is 0. The zero-order valence-electron chi connectivity index (χ0n) is 17.6. The minimum Gasteiger partial charge on any atom is -0.438 e. The van der Waals surface area contributed by atoms with Crippen LogP contribution in [0.2, 0.25) is 0 Å². The molecule has 0 saturated heterocycles. The van der Waals surface area contributed by atoms with Gasteiger partial charge in [-0.05, 0) is 73.2 Å². The van der Waals surface area contributed by atoms with Crippen LogP contribution in [0.1, 0.15) is 43.0 Å². The smallest absolute Gasteiger partial charge is 0.227 e. The van der Waals surface area contributed by atoms with Gasteiger partial charge in [0.1, 0.15) is 5.76 Å². The van der Waals surface area contributed by atoms with Crippen molar-refractivity contribution >= 4 is 11.1 Å². The summed E-state index contributed by atoms with van der Waals surface area (Å²) in [6.07, 6.45) is 0. The van der Waals surface area contributed by atoms with Crippen LogP contribution in [0, 0.1) is 20.8 Å². The number of aryl methyl sites for hydroxylation is 3. The first-order valence-electron chi connectivity index (χ1n) is 9.82. The number of benzene rings is 2. The molecule has 0 radical (unpaired) electrons. The summed E-state index contributed by atoms with van der Waals surface area (Å²) < 4.78 is 6.19. The highest BCUT2D eigenvalue weighted by Gasteiger charge is 2.17. The van der Waals surface area contributed by atoms with E-state index in [1.165, 1.54) is 22.3 Å². The molecule has 2 nitrogen and oxygen atoms in total. The normalized spacial score (nSPS) is 11.9. The standard InChI is InChI=1S/C26H27NO/c1-16-12-20(14-21(13-16)26(4,5)6)22-11-10-19-15-23(28-25(19)27-22)24-17(2)8-7-9-18(24)3/h7-15H,1-6H3. The predicted octanol–water partition coefficient (Wildman–Crippen LogP) is 7.38. The molecule has 2 heteroatoms. The molecule has 28 heavy (non-hydrogen) atoms. The molecule has 4 aromatic rings. The van der Waals surface area contributed by atoms with Crippen molar-refractivity contribution in [3.63, 3.8) is 0 Å².